The first kappa shape index (κ1) is 12.2. The number of hydrogen-bond donors (Lipinski definition) is 1. The summed E-state index contributed by atoms with van der Waals surface area (Å²) in [4.78, 5) is 8.27. The van der Waals surface area contributed by atoms with E-state index in [1.807, 2.05) is 17.8 Å². The van der Waals surface area contributed by atoms with Crippen LogP contribution in [0, 0.1) is 0 Å². The van der Waals surface area contributed by atoms with E-state index in [4.69, 9.17) is 0 Å². The van der Waals surface area contributed by atoms with Gasteiger partial charge in [-0.3, -0.25) is 0 Å². The maximum absolute atomic E-state index is 4.24. The zero-order valence-corrected chi connectivity index (χ0v) is 11.7. The third-order valence-electron chi connectivity index (χ3n) is 2.97. The second-order valence-electron chi connectivity index (χ2n) is 4.04. The summed E-state index contributed by atoms with van der Waals surface area (Å²) in [5.74, 6) is 0.924. The maximum Gasteiger partial charge on any atom is 0.130 e. The average Bonchev–Trinajstić information content (AvgIpc) is 2.30. The molecule has 1 aliphatic rings. The summed E-state index contributed by atoms with van der Waals surface area (Å²) in [5.41, 5.74) is 0. The van der Waals surface area contributed by atoms with Crippen LogP contribution < -0.4 is 5.32 Å². The van der Waals surface area contributed by atoms with Gasteiger partial charge in [0.05, 0.1) is 0 Å². The predicted octanol–water partition coefficient (Wildman–Crippen LogP) is 3.33. The fourth-order valence-electron chi connectivity index (χ4n) is 2.15. The highest BCUT2D eigenvalue weighted by Crippen LogP contribution is 2.29. The standard InChI is InChI=1S/C11H16BrN3S/c1-16-9-5-3-2-4-8(9)15-11-6-10(12)13-7-14-11/h6-9H,2-5H2,1H3,(H,13,14,15). The molecule has 1 aromatic rings. The summed E-state index contributed by atoms with van der Waals surface area (Å²) >= 11 is 5.32. The van der Waals surface area contributed by atoms with Crippen LogP contribution in [-0.2, 0) is 0 Å². The van der Waals surface area contributed by atoms with Gasteiger partial charge in [0.1, 0.15) is 16.7 Å². The molecular formula is C11H16BrN3S. The van der Waals surface area contributed by atoms with Gasteiger partial charge in [0.15, 0.2) is 0 Å². The Labute approximate surface area is 109 Å². The number of nitrogens with one attached hydrogen (secondary N) is 1. The molecule has 3 nitrogen and oxygen atoms in total. The van der Waals surface area contributed by atoms with Crippen LogP contribution in [0.15, 0.2) is 17.0 Å². The first-order valence-corrected chi connectivity index (χ1v) is 7.64. The van der Waals surface area contributed by atoms with Crippen LogP contribution in [0.3, 0.4) is 0 Å². The molecule has 1 aromatic heterocycles. The van der Waals surface area contributed by atoms with E-state index in [1.165, 1.54) is 25.7 Å². The molecule has 1 fully saturated rings. The monoisotopic (exact) mass is 301 g/mol. The maximum atomic E-state index is 4.24. The minimum atomic E-state index is 0.547. The molecule has 5 heteroatoms. The zero-order valence-electron chi connectivity index (χ0n) is 9.32. The summed E-state index contributed by atoms with van der Waals surface area (Å²) in [6.45, 7) is 0. The van der Waals surface area contributed by atoms with E-state index in [0.717, 1.165) is 10.4 Å². The summed E-state index contributed by atoms with van der Waals surface area (Å²) in [6, 6.07) is 2.48. The minimum Gasteiger partial charge on any atom is -0.366 e. The van der Waals surface area contributed by atoms with Crippen molar-refractivity contribution in [3.8, 4) is 0 Å². The molecule has 1 aliphatic carbocycles. The van der Waals surface area contributed by atoms with Crippen molar-refractivity contribution in [3.05, 3.63) is 17.0 Å². The molecular weight excluding hydrogens is 286 g/mol. The minimum absolute atomic E-state index is 0.547. The van der Waals surface area contributed by atoms with Crippen LogP contribution in [0.2, 0.25) is 0 Å². The molecule has 0 saturated heterocycles. The Morgan fingerprint density at radius 1 is 1.38 bits per heavy atom. The van der Waals surface area contributed by atoms with Crippen LogP contribution in [-0.4, -0.2) is 27.5 Å². The first-order valence-electron chi connectivity index (χ1n) is 5.56. The quantitative estimate of drug-likeness (QED) is 0.869. The van der Waals surface area contributed by atoms with Crippen molar-refractivity contribution in [2.24, 2.45) is 0 Å². The van der Waals surface area contributed by atoms with E-state index >= 15 is 0 Å². The molecule has 88 valence electrons. The van der Waals surface area contributed by atoms with Gasteiger partial charge in [-0.1, -0.05) is 12.8 Å². The highest BCUT2D eigenvalue weighted by Gasteiger charge is 2.24. The van der Waals surface area contributed by atoms with Crippen LogP contribution in [0.1, 0.15) is 25.7 Å². The largest absolute Gasteiger partial charge is 0.366 e. The lowest BCUT2D eigenvalue weighted by molar-refractivity contribution is 0.474. The Morgan fingerprint density at radius 3 is 2.94 bits per heavy atom. The van der Waals surface area contributed by atoms with Gasteiger partial charge < -0.3 is 5.32 Å². The molecule has 0 amide bonds. The highest BCUT2D eigenvalue weighted by molar-refractivity contribution is 9.10. The van der Waals surface area contributed by atoms with Gasteiger partial charge in [0.25, 0.3) is 0 Å². The van der Waals surface area contributed by atoms with Gasteiger partial charge in [-0.25, -0.2) is 9.97 Å². The van der Waals surface area contributed by atoms with Gasteiger partial charge >= 0.3 is 0 Å². The smallest absolute Gasteiger partial charge is 0.130 e. The number of halogens is 1. The molecule has 0 aliphatic heterocycles. The number of rotatable bonds is 3. The van der Waals surface area contributed by atoms with Crippen molar-refractivity contribution in [2.75, 3.05) is 11.6 Å². The predicted molar refractivity (Wildman–Crippen MR) is 72.9 cm³/mol. The second kappa shape index (κ2) is 5.87. The summed E-state index contributed by atoms with van der Waals surface area (Å²) in [7, 11) is 0. The third-order valence-corrected chi connectivity index (χ3v) is 4.58. The van der Waals surface area contributed by atoms with E-state index in [2.05, 4.69) is 37.5 Å². The lowest BCUT2D eigenvalue weighted by Gasteiger charge is -2.31. The van der Waals surface area contributed by atoms with Crippen LogP contribution >= 0.6 is 27.7 Å². The second-order valence-corrected chi connectivity index (χ2v) is 5.92. The lowest BCUT2D eigenvalue weighted by atomic mass is 9.95. The van der Waals surface area contributed by atoms with Crippen molar-refractivity contribution in [1.82, 2.24) is 9.97 Å². The Balaban J connectivity index is 2.02. The fourth-order valence-corrected chi connectivity index (χ4v) is 3.39. The van der Waals surface area contributed by atoms with E-state index in [1.54, 1.807) is 6.33 Å². The van der Waals surface area contributed by atoms with Gasteiger partial charge in [0, 0.05) is 17.4 Å². The van der Waals surface area contributed by atoms with Crippen molar-refractivity contribution >= 4 is 33.5 Å². The molecule has 2 rings (SSSR count). The average molecular weight is 302 g/mol. The van der Waals surface area contributed by atoms with Crippen LogP contribution in [0.5, 0.6) is 0 Å². The Morgan fingerprint density at radius 2 is 2.19 bits per heavy atom. The third kappa shape index (κ3) is 3.10. The van der Waals surface area contributed by atoms with E-state index in [-0.39, 0.29) is 0 Å². The summed E-state index contributed by atoms with van der Waals surface area (Å²) < 4.78 is 0.835. The van der Waals surface area contributed by atoms with Crippen molar-refractivity contribution in [1.29, 1.82) is 0 Å². The molecule has 0 spiro atoms. The number of thioether (sulfide) groups is 1. The van der Waals surface area contributed by atoms with E-state index < -0.39 is 0 Å². The molecule has 0 radical (unpaired) electrons. The molecule has 2 unspecified atom stereocenters. The normalized spacial score (nSPS) is 25.4. The molecule has 1 N–H and O–H groups in total. The van der Waals surface area contributed by atoms with Crippen molar-refractivity contribution in [2.45, 2.75) is 37.0 Å². The molecule has 16 heavy (non-hydrogen) atoms. The molecule has 0 bridgehead atoms. The number of hydrogen-bond acceptors (Lipinski definition) is 4. The molecule has 2 atom stereocenters. The van der Waals surface area contributed by atoms with E-state index in [0.29, 0.717) is 11.3 Å². The first-order chi connectivity index (χ1) is 7.79. The van der Waals surface area contributed by atoms with Gasteiger partial charge in [-0.05, 0) is 35.0 Å². The number of anilines is 1. The van der Waals surface area contributed by atoms with E-state index in [9.17, 15) is 0 Å². The van der Waals surface area contributed by atoms with Crippen LogP contribution in [0.4, 0.5) is 5.82 Å². The molecule has 1 heterocycles. The Kier molecular flexibility index (Phi) is 4.46. The van der Waals surface area contributed by atoms with Gasteiger partial charge in [-0.15, -0.1) is 0 Å². The molecule has 0 aromatic carbocycles. The summed E-state index contributed by atoms with van der Waals surface area (Å²) in [6.07, 6.45) is 9.01. The Hall–Kier alpha value is -0.290. The van der Waals surface area contributed by atoms with Crippen molar-refractivity contribution < 1.29 is 0 Å². The lowest BCUT2D eigenvalue weighted by Crippen LogP contribution is -2.34. The summed E-state index contributed by atoms with van der Waals surface area (Å²) in [5, 5.41) is 4.23. The molecule has 1 saturated carbocycles. The van der Waals surface area contributed by atoms with Crippen LogP contribution in [0.25, 0.3) is 0 Å². The number of aromatic nitrogens is 2. The zero-order chi connectivity index (χ0) is 11.4. The highest BCUT2D eigenvalue weighted by atomic mass is 79.9. The SMILES string of the molecule is CSC1CCCCC1Nc1cc(Br)ncn1. The van der Waals surface area contributed by atoms with Crippen molar-refractivity contribution in [3.63, 3.8) is 0 Å². The fraction of sp³-hybridized carbons (Fsp3) is 0.636. The van der Waals surface area contributed by atoms with Gasteiger partial charge in [0.2, 0.25) is 0 Å². The topological polar surface area (TPSA) is 37.8 Å². The number of nitrogens with zero attached hydrogens (tertiary/aromatic N) is 2. The Bertz CT molecular complexity index is 348. The van der Waals surface area contributed by atoms with Gasteiger partial charge in [-0.2, -0.15) is 11.8 Å².